The van der Waals surface area contributed by atoms with Crippen molar-refractivity contribution in [2.75, 3.05) is 7.11 Å². The van der Waals surface area contributed by atoms with Crippen LogP contribution in [0.2, 0.25) is 0 Å². The van der Waals surface area contributed by atoms with Crippen molar-refractivity contribution in [1.82, 2.24) is 4.98 Å². The highest BCUT2D eigenvalue weighted by Gasteiger charge is 2.16. The smallest absolute Gasteiger partial charge is 0.122 e. The highest BCUT2D eigenvalue weighted by atomic mass is 16.5. The molecule has 0 aliphatic carbocycles. The Morgan fingerprint density at radius 1 is 1.04 bits per heavy atom. The number of aliphatic hydroxyl groups excluding tert-OH is 1. The van der Waals surface area contributed by atoms with E-state index in [0.717, 1.165) is 40.2 Å². The number of aromatic nitrogens is 1. The van der Waals surface area contributed by atoms with Gasteiger partial charge < -0.3 is 14.6 Å². The van der Waals surface area contributed by atoms with Crippen molar-refractivity contribution < 1.29 is 14.6 Å². The van der Waals surface area contributed by atoms with Crippen molar-refractivity contribution >= 4 is 0 Å². The topological polar surface area (TPSA) is 51.6 Å². The predicted octanol–water partition coefficient (Wildman–Crippen LogP) is 4.83. The van der Waals surface area contributed by atoms with Gasteiger partial charge in [-0.25, -0.2) is 0 Å². The van der Waals surface area contributed by atoms with E-state index in [4.69, 9.17) is 9.47 Å². The molecule has 146 valence electrons. The molecule has 1 heterocycles. The summed E-state index contributed by atoms with van der Waals surface area (Å²) < 4.78 is 11.2. The number of benzene rings is 2. The number of methoxy groups -OCH3 is 1. The normalized spacial score (nSPS) is 13.0. The maximum absolute atomic E-state index is 10.4. The summed E-state index contributed by atoms with van der Waals surface area (Å²) in [5.41, 5.74) is 4.56. The van der Waals surface area contributed by atoms with Crippen LogP contribution in [0.25, 0.3) is 11.1 Å². The lowest BCUT2D eigenvalue weighted by molar-refractivity contribution is 0.0420. The minimum Gasteiger partial charge on any atom is -0.497 e. The maximum Gasteiger partial charge on any atom is 0.122 e. The first-order chi connectivity index (χ1) is 13.6. The Morgan fingerprint density at radius 3 is 2.43 bits per heavy atom. The number of nitrogens with zero attached hydrogens (tertiary/aromatic N) is 1. The Kier molecular flexibility index (Phi) is 6.66. The minimum atomic E-state index is -0.538. The van der Waals surface area contributed by atoms with Gasteiger partial charge in [-0.1, -0.05) is 24.3 Å². The van der Waals surface area contributed by atoms with Crippen molar-refractivity contribution in [3.63, 3.8) is 0 Å². The lowest BCUT2D eigenvalue weighted by atomic mass is 10.0. The maximum atomic E-state index is 10.4. The van der Waals surface area contributed by atoms with Gasteiger partial charge in [-0.05, 0) is 79.3 Å². The average molecular weight is 377 g/mol. The van der Waals surface area contributed by atoms with Crippen molar-refractivity contribution in [3.8, 4) is 22.6 Å². The zero-order chi connectivity index (χ0) is 19.9. The van der Waals surface area contributed by atoms with Crippen LogP contribution in [0.1, 0.15) is 24.5 Å². The summed E-state index contributed by atoms with van der Waals surface area (Å²) in [4.78, 5) is 4.10. The number of hydrogen-bond acceptors (Lipinski definition) is 4. The molecule has 2 atom stereocenters. The molecule has 0 aliphatic heterocycles. The fraction of sp³-hybridized carbons (Fsp3) is 0.292. The summed E-state index contributed by atoms with van der Waals surface area (Å²) >= 11 is 0. The molecule has 2 aromatic carbocycles. The van der Waals surface area contributed by atoms with Crippen LogP contribution < -0.4 is 9.47 Å². The van der Waals surface area contributed by atoms with Crippen molar-refractivity contribution in [2.45, 2.75) is 38.9 Å². The number of aliphatic hydroxyl groups is 1. The first kappa shape index (κ1) is 19.9. The zero-order valence-corrected chi connectivity index (χ0v) is 16.6. The Morgan fingerprint density at radius 2 is 1.79 bits per heavy atom. The molecule has 1 N–H and O–H groups in total. The number of pyridine rings is 1. The predicted molar refractivity (Wildman–Crippen MR) is 112 cm³/mol. The van der Waals surface area contributed by atoms with Crippen LogP contribution in [0.4, 0.5) is 0 Å². The van der Waals surface area contributed by atoms with E-state index in [1.807, 2.05) is 61.7 Å². The Hall–Kier alpha value is -2.85. The van der Waals surface area contributed by atoms with E-state index < -0.39 is 6.10 Å². The molecule has 0 fully saturated rings. The van der Waals surface area contributed by atoms with Crippen LogP contribution >= 0.6 is 0 Å². The van der Waals surface area contributed by atoms with Crippen LogP contribution in [0, 0.1) is 6.92 Å². The van der Waals surface area contributed by atoms with Crippen molar-refractivity contribution in [1.29, 1.82) is 0 Å². The fourth-order valence-electron chi connectivity index (χ4n) is 3.19. The molecule has 0 saturated carbocycles. The molecule has 0 aliphatic rings. The van der Waals surface area contributed by atoms with Gasteiger partial charge in [0, 0.05) is 12.4 Å². The molecule has 4 heteroatoms. The molecule has 2 unspecified atom stereocenters. The third kappa shape index (κ3) is 5.11. The van der Waals surface area contributed by atoms with Gasteiger partial charge in [0.15, 0.2) is 0 Å². The standard InChI is InChI=1S/C24H27NO3/c1-17-15-22(27-3)11-12-23(17)20-7-9-21(10-8-20)28-18(2)24(26)13-6-19-5-4-14-25-16-19/h4-5,7-12,14-16,18,24,26H,6,13H2,1-3H3. The summed E-state index contributed by atoms with van der Waals surface area (Å²) in [7, 11) is 1.67. The summed E-state index contributed by atoms with van der Waals surface area (Å²) in [5.74, 6) is 1.61. The van der Waals surface area contributed by atoms with Crippen LogP contribution in [0.5, 0.6) is 11.5 Å². The molecular weight excluding hydrogens is 350 g/mol. The SMILES string of the molecule is COc1ccc(-c2ccc(OC(C)C(O)CCc3cccnc3)cc2)c(C)c1. The summed E-state index contributed by atoms with van der Waals surface area (Å²) in [6, 6.07) is 18.0. The molecular formula is C24H27NO3. The summed E-state index contributed by atoms with van der Waals surface area (Å²) in [5, 5.41) is 10.4. The second-order valence-electron chi connectivity index (χ2n) is 7.00. The lowest BCUT2D eigenvalue weighted by Gasteiger charge is -2.21. The van der Waals surface area contributed by atoms with Gasteiger partial charge >= 0.3 is 0 Å². The zero-order valence-electron chi connectivity index (χ0n) is 16.6. The van der Waals surface area contributed by atoms with E-state index in [0.29, 0.717) is 6.42 Å². The highest BCUT2D eigenvalue weighted by Crippen LogP contribution is 2.28. The third-order valence-electron chi connectivity index (χ3n) is 4.91. The number of aryl methyl sites for hydroxylation is 2. The van der Waals surface area contributed by atoms with Gasteiger partial charge in [0.1, 0.15) is 17.6 Å². The summed E-state index contributed by atoms with van der Waals surface area (Å²) in [6.45, 7) is 3.97. The molecule has 0 spiro atoms. The van der Waals surface area contributed by atoms with Gasteiger partial charge in [0.25, 0.3) is 0 Å². The minimum absolute atomic E-state index is 0.287. The van der Waals surface area contributed by atoms with E-state index in [2.05, 4.69) is 18.0 Å². The van der Waals surface area contributed by atoms with Crippen molar-refractivity contribution in [2.24, 2.45) is 0 Å². The van der Waals surface area contributed by atoms with Crippen molar-refractivity contribution in [3.05, 3.63) is 78.1 Å². The van der Waals surface area contributed by atoms with E-state index in [1.165, 1.54) is 0 Å². The van der Waals surface area contributed by atoms with Gasteiger partial charge in [-0.3, -0.25) is 4.98 Å². The largest absolute Gasteiger partial charge is 0.497 e. The monoisotopic (exact) mass is 377 g/mol. The van der Waals surface area contributed by atoms with Gasteiger partial charge in [-0.2, -0.15) is 0 Å². The van der Waals surface area contributed by atoms with E-state index >= 15 is 0 Å². The van der Waals surface area contributed by atoms with E-state index in [9.17, 15) is 5.11 Å². The molecule has 0 amide bonds. The lowest BCUT2D eigenvalue weighted by Crippen LogP contribution is -2.29. The first-order valence-electron chi connectivity index (χ1n) is 9.55. The molecule has 28 heavy (non-hydrogen) atoms. The quantitative estimate of drug-likeness (QED) is 0.611. The molecule has 3 rings (SSSR count). The van der Waals surface area contributed by atoms with Crippen LogP contribution in [0.3, 0.4) is 0 Å². The molecule has 0 saturated heterocycles. The van der Waals surface area contributed by atoms with Gasteiger partial charge in [0.2, 0.25) is 0 Å². The second kappa shape index (κ2) is 9.38. The summed E-state index contributed by atoms with van der Waals surface area (Å²) in [6.07, 6.45) is 4.17. The molecule has 0 bridgehead atoms. The molecule has 0 radical (unpaired) electrons. The van der Waals surface area contributed by atoms with Crippen LogP contribution in [-0.4, -0.2) is 29.4 Å². The van der Waals surface area contributed by atoms with Gasteiger partial charge in [0.05, 0.1) is 13.2 Å². The fourth-order valence-corrected chi connectivity index (χ4v) is 3.19. The van der Waals surface area contributed by atoms with E-state index in [1.54, 1.807) is 13.3 Å². The number of rotatable bonds is 8. The highest BCUT2D eigenvalue weighted by molar-refractivity contribution is 5.68. The molecule has 4 nitrogen and oxygen atoms in total. The molecule has 1 aromatic heterocycles. The average Bonchev–Trinajstić information content (AvgIpc) is 2.73. The molecule has 3 aromatic rings. The third-order valence-corrected chi connectivity index (χ3v) is 4.91. The Balaban J connectivity index is 1.59. The first-order valence-corrected chi connectivity index (χ1v) is 9.55. The Bertz CT molecular complexity index is 878. The Labute approximate surface area is 166 Å². The van der Waals surface area contributed by atoms with E-state index in [-0.39, 0.29) is 6.10 Å². The van der Waals surface area contributed by atoms with Crippen LogP contribution in [-0.2, 0) is 6.42 Å². The van der Waals surface area contributed by atoms with Gasteiger partial charge in [-0.15, -0.1) is 0 Å². The second-order valence-corrected chi connectivity index (χ2v) is 7.00. The van der Waals surface area contributed by atoms with Crippen LogP contribution in [0.15, 0.2) is 67.0 Å². The number of hydrogen-bond donors (Lipinski definition) is 1. The number of ether oxygens (including phenoxy) is 2.